The first-order valence-electron chi connectivity index (χ1n) is 4.42. The van der Waals surface area contributed by atoms with E-state index < -0.39 is 0 Å². The highest BCUT2D eigenvalue weighted by molar-refractivity contribution is 5.78. The van der Waals surface area contributed by atoms with Crippen LogP contribution in [0.3, 0.4) is 0 Å². The summed E-state index contributed by atoms with van der Waals surface area (Å²) in [5.41, 5.74) is 0.986. The summed E-state index contributed by atoms with van der Waals surface area (Å²) in [5, 5.41) is 2.55. The quantitative estimate of drug-likeness (QED) is 0.747. The van der Waals surface area contributed by atoms with Crippen LogP contribution >= 0.6 is 0 Å². The van der Waals surface area contributed by atoms with Gasteiger partial charge >= 0.3 is 0 Å². The van der Waals surface area contributed by atoms with E-state index in [0.717, 1.165) is 5.56 Å². The van der Waals surface area contributed by atoms with Crippen molar-refractivity contribution < 1.29 is 4.79 Å². The Labute approximate surface area is 79.2 Å². The molecule has 0 spiro atoms. The van der Waals surface area contributed by atoms with Gasteiger partial charge in [-0.3, -0.25) is 9.78 Å². The van der Waals surface area contributed by atoms with E-state index in [1.54, 1.807) is 19.4 Å². The van der Waals surface area contributed by atoms with Gasteiger partial charge in [0.15, 0.2) is 0 Å². The molecule has 1 rings (SSSR count). The smallest absolute Gasteiger partial charge is 0.224 e. The monoisotopic (exact) mass is 180 g/mol. The number of rotatable bonds is 2. The fourth-order valence-corrected chi connectivity index (χ4v) is 0.774. The van der Waals surface area contributed by atoms with Crippen LogP contribution in [0.1, 0.15) is 19.4 Å². The molecule has 0 aliphatic rings. The Kier molecular flexibility index (Phi) is 6.51. The number of pyridine rings is 1. The largest absolute Gasteiger partial charge is 0.359 e. The van der Waals surface area contributed by atoms with E-state index in [4.69, 9.17) is 0 Å². The number of hydrogen-bond donors (Lipinski definition) is 1. The SMILES string of the molecule is CC.CNC(=O)Cc1ccncc1. The van der Waals surface area contributed by atoms with Crippen molar-refractivity contribution in [2.24, 2.45) is 0 Å². The third kappa shape index (κ3) is 4.95. The lowest BCUT2D eigenvalue weighted by Gasteiger charge is -1.97. The second-order valence-electron chi connectivity index (χ2n) is 2.21. The highest BCUT2D eigenvalue weighted by Crippen LogP contribution is 1.96. The molecule has 1 N–H and O–H groups in total. The molecule has 0 saturated heterocycles. The second-order valence-corrected chi connectivity index (χ2v) is 2.21. The number of carbonyl (C=O) groups is 1. The highest BCUT2D eigenvalue weighted by atomic mass is 16.1. The summed E-state index contributed by atoms with van der Waals surface area (Å²) in [5.74, 6) is 0.0243. The van der Waals surface area contributed by atoms with Gasteiger partial charge in [-0.05, 0) is 17.7 Å². The molecule has 0 aliphatic carbocycles. The summed E-state index contributed by atoms with van der Waals surface area (Å²) in [7, 11) is 1.63. The van der Waals surface area contributed by atoms with Crippen LogP contribution in [-0.4, -0.2) is 17.9 Å². The Bertz CT molecular complexity index is 234. The molecule has 1 aromatic rings. The van der Waals surface area contributed by atoms with Crippen molar-refractivity contribution in [3.05, 3.63) is 30.1 Å². The topological polar surface area (TPSA) is 42.0 Å². The zero-order valence-corrected chi connectivity index (χ0v) is 8.37. The molecule has 72 valence electrons. The predicted molar refractivity (Wildman–Crippen MR) is 53.4 cm³/mol. The van der Waals surface area contributed by atoms with Gasteiger partial charge in [0.1, 0.15) is 0 Å². The molecule has 0 atom stereocenters. The minimum absolute atomic E-state index is 0.0243. The molecule has 0 fully saturated rings. The molecular formula is C10H16N2O. The number of amides is 1. The van der Waals surface area contributed by atoms with Crippen molar-refractivity contribution in [2.45, 2.75) is 20.3 Å². The minimum atomic E-state index is 0.0243. The van der Waals surface area contributed by atoms with E-state index in [2.05, 4.69) is 10.3 Å². The van der Waals surface area contributed by atoms with Crippen LogP contribution in [0.15, 0.2) is 24.5 Å². The highest BCUT2D eigenvalue weighted by Gasteiger charge is 1.97. The normalized spacial score (nSPS) is 8.23. The van der Waals surface area contributed by atoms with Crippen LogP contribution in [0.2, 0.25) is 0 Å². The van der Waals surface area contributed by atoms with Crippen LogP contribution in [0, 0.1) is 0 Å². The maximum Gasteiger partial charge on any atom is 0.224 e. The van der Waals surface area contributed by atoms with E-state index in [-0.39, 0.29) is 5.91 Å². The maximum atomic E-state index is 10.8. The lowest BCUT2D eigenvalue weighted by atomic mass is 10.2. The average molecular weight is 180 g/mol. The number of likely N-dealkylation sites (N-methyl/N-ethyl adjacent to an activating group) is 1. The summed E-state index contributed by atoms with van der Waals surface area (Å²) in [6.07, 6.45) is 3.79. The van der Waals surface area contributed by atoms with Crippen molar-refractivity contribution in [2.75, 3.05) is 7.05 Å². The fourth-order valence-electron chi connectivity index (χ4n) is 0.774. The van der Waals surface area contributed by atoms with E-state index in [9.17, 15) is 4.79 Å². The van der Waals surface area contributed by atoms with Crippen LogP contribution in [0.5, 0.6) is 0 Å². The molecule has 0 aromatic carbocycles. The molecule has 0 saturated carbocycles. The number of nitrogens with one attached hydrogen (secondary N) is 1. The van der Waals surface area contributed by atoms with Gasteiger partial charge in [-0.2, -0.15) is 0 Å². The molecule has 1 aromatic heterocycles. The van der Waals surface area contributed by atoms with E-state index in [1.165, 1.54) is 0 Å². The van der Waals surface area contributed by atoms with Gasteiger partial charge in [-0.1, -0.05) is 13.8 Å². The Morgan fingerprint density at radius 2 is 1.92 bits per heavy atom. The third-order valence-electron chi connectivity index (χ3n) is 1.39. The zero-order valence-electron chi connectivity index (χ0n) is 8.37. The van der Waals surface area contributed by atoms with E-state index >= 15 is 0 Å². The number of aromatic nitrogens is 1. The molecule has 1 amide bonds. The summed E-state index contributed by atoms with van der Waals surface area (Å²) in [4.78, 5) is 14.7. The molecule has 0 aliphatic heterocycles. The average Bonchev–Trinajstić information content (AvgIpc) is 2.22. The van der Waals surface area contributed by atoms with Crippen molar-refractivity contribution >= 4 is 5.91 Å². The van der Waals surface area contributed by atoms with Gasteiger partial charge < -0.3 is 5.32 Å². The standard InChI is InChI=1S/C8H10N2O.C2H6/c1-9-8(11)6-7-2-4-10-5-3-7;1-2/h2-5H,6H2,1H3,(H,9,11);1-2H3. The first-order chi connectivity index (χ1) is 6.33. The molecule has 3 nitrogen and oxygen atoms in total. The van der Waals surface area contributed by atoms with Gasteiger partial charge in [-0.25, -0.2) is 0 Å². The summed E-state index contributed by atoms with van der Waals surface area (Å²) in [6, 6.07) is 3.66. The van der Waals surface area contributed by atoms with Crippen LogP contribution in [0.4, 0.5) is 0 Å². The minimum Gasteiger partial charge on any atom is -0.359 e. The molecule has 3 heteroatoms. The van der Waals surface area contributed by atoms with Crippen LogP contribution in [0.25, 0.3) is 0 Å². The van der Waals surface area contributed by atoms with Gasteiger partial charge in [0.05, 0.1) is 6.42 Å². The Morgan fingerprint density at radius 1 is 1.38 bits per heavy atom. The first kappa shape index (κ1) is 11.6. The number of nitrogens with zero attached hydrogens (tertiary/aromatic N) is 1. The predicted octanol–water partition coefficient (Wildman–Crippen LogP) is 1.40. The van der Waals surface area contributed by atoms with Crippen LogP contribution < -0.4 is 5.32 Å². The molecule has 0 bridgehead atoms. The van der Waals surface area contributed by atoms with Crippen LogP contribution in [-0.2, 0) is 11.2 Å². The van der Waals surface area contributed by atoms with Crippen molar-refractivity contribution in [3.8, 4) is 0 Å². The maximum absolute atomic E-state index is 10.8. The van der Waals surface area contributed by atoms with Gasteiger partial charge in [-0.15, -0.1) is 0 Å². The Hall–Kier alpha value is -1.38. The van der Waals surface area contributed by atoms with Crippen molar-refractivity contribution in [1.82, 2.24) is 10.3 Å². The molecule has 1 heterocycles. The molecular weight excluding hydrogens is 164 g/mol. The fraction of sp³-hybridized carbons (Fsp3) is 0.400. The number of carbonyl (C=O) groups excluding carboxylic acids is 1. The van der Waals surface area contributed by atoms with Gasteiger partial charge in [0.25, 0.3) is 0 Å². The van der Waals surface area contributed by atoms with E-state index in [1.807, 2.05) is 26.0 Å². The van der Waals surface area contributed by atoms with Crippen molar-refractivity contribution in [3.63, 3.8) is 0 Å². The first-order valence-corrected chi connectivity index (χ1v) is 4.42. The van der Waals surface area contributed by atoms with Gasteiger partial charge in [0.2, 0.25) is 5.91 Å². The summed E-state index contributed by atoms with van der Waals surface area (Å²) < 4.78 is 0. The Morgan fingerprint density at radius 3 is 2.38 bits per heavy atom. The molecule has 0 radical (unpaired) electrons. The number of hydrogen-bond acceptors (Lipinski definition) is 2. The van der Waals surface area contributed by atoms with Gasteiger partial charge in [0, 0.05) is 19.4 Å². The molecule has 13 heavy (non-hydrogen) atoms. The van der Waals surface area contributed by atoms with Crippen molar-refractivity contribution in [1.29, 1.82) is 0 Å². The Balaban J connectivity index is 0.000000671. The lowest BCUT2D eigenvalue weighted by molar-refractivity contribution is -0.119. The summed E-state index contributed by atoms with van der Waals surface area (Å²) in [6.45, 7) is 4.00. The van der Waals surface area contributed by atoms with E-state index in [0.29, 0.717) is 6.42 Å². The second kappa shape index (κ2) is 7.28. The molecule has 0 unspecified atom stereocenters. The summed E-state index contributed by atoms with van der Waals surface area (Å²) >= 11 is 0. The third-order valence-corrected chi connectivity index (χ3v) is 1.39. The lowest BCUT2D eigenvalue weighted by Crippen LogP contribution is -2.19. The zero-order chi connectivity index (χ0) is 10.1.